The van der Waals surface area contributed by atoms with E-state index in [1.807, 2.05) is 146 Å². The third-order valence-electron chi connectivity index (χ3n) is 13.8. The average Bonchev–Trinajstić information content (AvgIpc) is 3.91. The van der Waals surface area contributed by atoms with Gasteiger partial charge in [0.25, 0.3) is 0 Å². The van der Waals surface area contributed by atoms with Crippen LogP contribution in [-0.2, 0) is 51.5 Å². The fourth-order valence-corrected chi connectivity index (χ4v) is 11.4. The molecule has 1 saturated heterocycles. The van der Waals surface area contributed by atoms with Gasteiger partial charge in [-0.05, 0) is 114 Å². The summed E-state index contributed by atoms with van der Waals surface area (Å²) in [6.07, 6.45) is -3.59. The van der Waals surface area contributed by atoms with Gasteiger partial charge in [0.1, 0.15) is 47.8 Å². The van der Waals surface area contributed by atoms with E-state index in [2.05, 4.69) is 29.6 Å². The second kappa shape index (κ2) is 22.7. The second-order valence-corrected chi connectivity index (χ2v) is 22.0. The maximum absolute atomic E-state index is 14.6. The minimum absolute atomic E-state index is 0.176. The molecule has 12 nitrogen and oxygen atoms in total. The van der Waals surface area contributed by atoms with Crippen molar-refractivity contribution in [2.45, 2.75) is 82.7 Å². The number of ether oxygens (including phenoxy) is 6. The van der Waals surface area contributed by atoms with Gasteiger partial charge in [0.05, 0.1) is 38.4 Å². The molecular formula is C62H64NO11P. The molecule has 0 spiro atoms. The summed E-state index contributed by atoms with van der Waals surface area (Å²) in [6.45, 7) is 8.34. The number of carbonyl (C=O) groups is 2. The van der Waals surface area contributed by atoms with Crippen LogP contribution in [0.5, 0.6) is 17.2 Å². The lowest BCUT2D eigenvalue weighted by Gasteiger charge is -2.36. The number of rotatable bonds is 19. The predicted molar refractivity (Wildman–Crippen MR) is 288 cm³/mol. The first-order chi connectivity index (χ1) is 36.2. The lowest BCUT2D eigenvalue weighted by atomic mass is 9.80. The first-order valence-electron chi connectivity index (χ1n) is 25.2. The zero-order valence-corrected chi connectivity index (χ0v) is 44.2. The standard InChI is InChI=1S/C62H64NO11P/c1-41-57(63-60(65)72-54(38-42-18-10-8-11-19-42)56-52-24-16-14-22-50(52)51-23-15-17-25-53(51)56)58(55(71-41)40-69-59(64)61(2,3)4)74-75(7,66)73-49-32-26-43(27-33-49)39-70-62(44-20-12-9-13-21-44,45-28-34-47(67-5)35-29-45)46-30-36-48(68-6)37-31-46/h8-37,41,54-58H,38-40H2,1-7H3,(H,63,65)/t41-,54?,55+,57?,58?,75?/m0/s1. The number of methoxy groups -OCH3 is 2. The molecule has 1 amide bonds. The van der Waals surface area contributed by atoms with Gasteiger partial charge in [0.15, 0.2) is 0 Å². The average molecular weight is 1030 g/mol. The maximum atomic E-state index is 14.6. The Kier molecular flexibility index (Phi) is 16.0. The molecule has 75 heavy (non-hydrogen) atoms. The van der Waals surface area contributed by atoms with Crippen molar-refractivity contribution in [1.82, 2.24) is 5.32 Å². The largest absolute Gasteiger partial charge is 0.497 e. The SMILES string of the molecule is COc1ccc(C(OCc2ccc(OP(C)(=O)OC3C(NC(=O)OC(Cc4ccccc4)C4c5ccccc5-c5ccccc54)[C@H](C)O[C@@H]3COC(=O)C(C)(C)C)cc2)(c2ccccc2)c2ccc(OC)cc2)cc1. The molecule has 13 heteroatoms. The van der Waals surface area contributed by atoms with Gasteiger partial charge in [0.2, 0.25) is 0 Å². The van der Waals surface area contributed by atoms with Crippen molar-refractivity contribution in [1.29, 1.82) is 0 Å². The van der Waals surface area contributed by atoms with Gasteiger partial charge in [0, 0.05) is 19.0 Å². The third-order valence-corrected chi connectivity index (χ3v) is 15.0. The van der Waals surface area contributed by atoms with E-state index in [4.69, 9.17) is 37.5 Å². The Balaban J connectivity index is 0.948. The molecule has 6 atom stereocenters. The Labute approximate surface area is 439 Å². The normalized spacial score (nSPS) is 18.4. The Morgan fingerprint density at radius 2 is 1.15 bits per heavy atom. The monoisotopic (exact) mass is 1030 g/mol. The van der Waals surface area contributed by atoms with E-state index in [-0.39, 0.29) is 24.9 Å². The minimum Gasteiger partial charge on any atom is -0.497 e. The van der Waals surface area contributed by atoms with Crippen LogP contribution in [0.4, 0.5) is 4.79 Å². The molecule has 0 radical (unpaired) electrons. The molecule has 7 aromatic carbocycles. The summed E-state index contributed by atoms with van der Waals surface area (Å²) in [5.41, 5.74) is 6.99. The summed E-state index contributed by atoms with van der Waals surface area (Å²) in [4.78, 5) is 27.5. The van der Waals surface area contributed by atoms with Gasteiger partial charge in [-0.15, -0.1) is 0 Å². The van der Waals surface area contributed by atoms with Gasteiger partial charge < -0.3 is 38.3 Å². The van der Waals surface area contributed by atoms with Gasteiger partial charge in [-0.2, -0.15) is 0 Å². The van der Waals surface area contributed by atoms with Crippen LogP contribution in [0.2, 0.25) is 0 Å². The topological polar surface area (TPSA) is 137 Å². The molecule has 7 aromatic rings. The third kappa shape index (κ3) is 11.9. The summed E-state index contributed by atoms with van der Waals surface area (Å²) in [6, 6.07) is 58.2. The van der Waals surface area contributed by atoms with E-state index in [0.29, 0.717) is 17.9 Å². The highest BCUT2D eigenvalue weighted by Crippen LogP contribution is 2.50. The van der Waals surface area contributed by atoms with Gasteiger partial charge >= 0.3 is 19.7 Å². The van der Waals surface area contributed by atoms with Crippen molar-refractivity contribution in [3.8, 4) is 28.4 Å². The molecule has 1 N–H and O–H groups in total. The zero-order valence-electron chi connectivity index (χ0n) is 43.3. The van der Waals surface area contributed by atoms with Crippen molar-refractivity contribution in [2.75, 3.05) is 27.5 Å². The van der Waals surface area contributed by atoms with E-state index < -0.39 is 61.1 Å². The molecule has 0 bridgehead atoms. The van der Waals surface area contributed by atoms with Crippen molar-refractivity contribution < 1.29 is 51.6 Å². The van der Waals surface area contributed by atoms with Crippen molar-refractivity contribution in [3.05, 3.63) is 221 Å². The zero-order chi connectivity index (χ0) is 52.7. The Morgan fingerprint density at radius 1 is 0.640 bits per heavy atom. The first-order valence-corrected chi connectivity index (χ1v) is 27.2. The van der Waals surface area contributed by atoms with E-state index >= 15 is 0 Å². The Morgan fingerprint density at radius 3 is 1.69 bits per heavy atom. The lowest BCUT2D eigenvalue weighted by Crippen LogP contribution is -2.49. The van der Waals surface area contributed by atoms with Gasteiger partial charge in [-0.1, -0.05) is 146 Å². The molecule has 1 fully saturated rings. The molecule has 0 saturated carbocycles. The van der Waals surface area contributed by atoms with Crippen molar-refractivity contribution in [3.63, 3.8) is 0 Å². The molecule has 9 rings (SSSR count). The van der Waals surface area contributed by atoms with Crippen LogP contribution in [0, 0.1) is 5.41 Å². The summed E-state index contributed by atoms with van der Waals surface area (Å²) < 4.78 is 63.9. The maximum Gasteiger partial charge on any atom is 0.407 e. The van der Waals surface area contributed by atoms with Crippen molar-refractivity contribution >= 4 is 19.7 Å². The Hall–Kier alpha value is -7.21. The number of alkyl carbamates (subject to hydrolysis) is 1. The highest BCUT2D eigenvalue weighted by molar-refractivity contribution is 7.53. The number of esters is 1. The number of carbonyl (C=O) groups excluding carboxylic acids is 2. The lowest BCUT2D eigenvalue weighted by molar-refractivity contribution is -0.158. The highest BCUT2D eigenvalue weighted by atomic mass is 31.2. The molecule has 2 aliphatic rings. The van der Waals surface area contributed by atoms with Crippen LogP contribution in [0.25, 0.3) is 11.1 Å². The van der Waals surface area contributed by atoms with E-state index in [1.54, 1.807) is 54.0 Å². The molecule has 1 aliphatic carbocycles. The predicted octanol–water partition coefficient (Wildman–Crippen LogP) is 12.7. The quantitative estimate of drug-likeness (QED) is 0.0471. The van der Waals surface area contributed by atoms with Gasteiger partial charge in [-0.3, -0.25) is 9.32 Å². The number of amides is 1. The minimum atomic E-state index is -4.01. The molecule has 1 heterocycles. The molecule has 4 unspecified atom stereocenters. The molecular weight excluding hydrogens is 966 g/mol. The van der Waals surface area contributed by atoms with Crippen LogP contribution in [0.15, 0.2) is 182 Å². The van der Waals surface area contributed by atoms with E-state index in [1.165, 1.54) is 6.66 Å². The summed E-state index contributed by atoms with van der Waals surface area (Å²) >= 11 is 0. The number of hydrogen-bond donors (Lipinski definition) is 1. The van der Waals surface area contributed by atoms with Crippen molar-refractivity contribution in [2.24, 2.45) is 5.41 Å². The van der Waals surface area contributed by atoms with Crippen LogP contribution >= 0.6 is 7.60 Å². The van der Waals surface area contributed by atoms with Gasteiger partial charge in [-0.25, -0.2) is 9.36 Å². The Bertz CT molecular complexity index is 3000. The van der Waals surface area contributed by atoms with Crippen LogP contribution in [0.3, 0.4) is 0 Å². The number of nitrogens with one attached hydrogen (secondary N) is 1. The fourth-order valence-electron chi connectivity index (χ4n) is 10.1. The smallest absolute Gasteiger partial charge is 0.407 e. The fraction of sp³-hybridized carbons (Fsp3) is 0.290. The number of fused-ring (bicyclic) bond motifs is 3. The van der Waals surface area contributed by atoms with Crippen LogP contribution in [-0.4, -0.2) is 70.0 Å². The van der Waals surface area contributed by atoms with E-state index in [0.717, 1.165) is 50.1 Å². The first kappa shape index (κ1) is 52.6. The number of hydrogen-bond acceptors (Lipinski definition) is 11. The summed E-state index contributed by atoms with van der Waals surface area (Å²) in [5.74, 6) is 0.994. The molecule has 388 valence electrons. The summed E-state index contributed by atoms with van der Waals surface area (Å²) in [7, 11) is -0.738. The molecule has 0 aromatic heterocycles. The molecule has 1 aliphatic heterocycles. The van der Waals surface area contributed by atoms with Crippen LogP contribution < -0.4 is 19.3 Å². The second-order valence-electron chi connectivity index (χ2n) is 20.1. The van der Waals surface area contributed by atoms with Crippen LogP contribution in [0.1, 0.15) is 72.6 Å². The number of benzene rings is 7. The van der Waals surface area contributed by atoms with E-state index in [9.17, 15) is 14.2 Å². The highest BCUT2D eigenvalue weighted by Gasteiger charge is 2.49. The summed E-state index contributed by atoms with van der Waals surface area (Å²) in [5, 5.41) is 3.03.